The number of halogens is 1. The van der Waals surface area contributed by atoms with Crippen LogP contribution in [0.2, 0.25) is 0 Å². The lowest BCUT2D eigenvalue weighted by atomic mass is 9.95. The Kier molecular flexibility index (Phi) is 6.42. The number of rotatable bonds is 6. The Hall–Kier alpha value is -4.05. The number of non-ortho nitro benzene ring substituents is 1. The first kappa shape index (κ1) is 23.1. The summed E-state index contributed by atoms with van der Waals surface area (Å²) in [6, 6.07) is 14.1. The molecule has 1 N–H and O–H groups in total. The van der Waals surface area contributed by atoms with Crippen LogP contribution in [0.4, 0.5) is 11.5 Å². The molecule has 3 aromatic rings. The number of carbonyl (C=O) groups is 2. The molecular formula is C24H18BrN3O6. The second-order valence-electron chi connectivity index (χ2n) is 7.31. The van der Waals surface area contributed by atoms with Crippen molar-refractivity contribution in [1.82, 2.24) is 4.98 Å². The van der Waals surface area contributed by atoms with Gasteiger partial charge in [0.15, 0.2) is 0 Å². The first-order valence-electron chi connectivity index (χ1n) is 10.2. The molecule has 0 radical (unpaired) electrons. The second-order valence-corrected chi connectivity index (χ2v) is 8.23. The SMILES string of the molecule is CCOc1ccc(C(O)=C2C(=O)C(=O)N(c3ccc(Br)cn3)[C@@H]2c2cccc([N+](=O)[O-])c2)cc1. The summed E-state index contributed by atoms with van der Waals surface area (Å²) in [5.41, 5.74) is 0.165. The minimum Gasteiger partial charge on any atom is -0.507 e. The number of carbonyl (C=O) groups excluding carboxylic acids is 2. The normalized spacial score (nSPS) is 17.1. The van der Waals surface area contributed by atoms with E-state index in [1.807, 2.05) is 6.92 Å². The van der Waals surface area contributed by atoms with Crippen LogP contribution in [0.1, 0.15) is 24.1 Å². The zero-order chi connectivity index (χ0) is 24.4. The lowest BCUT2D eigenvalue weighted by Crippen LogP contribution is -2.30. The number of ketones is 1. The fraction of sp³-hybridized carbons (Fsp3) is 0.125. The summed E-state index contributed by atoms with van der Waals surface area (Å²) in [7, 11) is 0. The number of nitrogens with zero attached hydrogens (tertiary/aromatic N) is 3. The van der Waals surface area contributed by atoms with Crippen molar-refractivity contribution >= 4 is 44.9 Å². The van der Waals surface area contributed by atoms with Crippen LogP contribution < -0.4 is 9.64 Å². The summed E-state index contributed by atoms with van der Waals surface area (Å²) in [6.07, 6.45) is 1.46. The molecule has 0 spiro atoms. The van der Waals surface area contributed by atoms with Gasteiger partial charge >= 0.3 is 5.91 Å². The van der Waals surface area contributed by atoms with Crippen molar-refractivity contribution in [1.29, 1.82) is 0 Å². The van der Waals surface area contributed by atoms with E-state index in [0.29, 0.717) is 22.4 Å². The molecule has 34 heavy (non-hydrogen) atoms. The Morgan fingerprint density at radius 2 is 1.91 bits per heavy atom. The maximum atomic E-state index is 13.1. The number of Topliss-reactive ketones (excluding diaryl/α,β-unsaturated/α-hetero) is 1. The summed E-state index contributed by atoms with van der Waals surface area (Å²) in [4.78, 5) is 42.4. The van der Waals surface area contributed by atoms with E-state index in [4.69, 9.17) is 4.74 Å². The Balaban J connectivity index is 1.91. The quantitative estimate of drug-likeness (QED) is 0.162. The number of pyridine rings is 1. The van der Waals surface area contributed by atoms with E-state index in [2.05, 4.69) is 20.9 Å². The van der Waals surface area contributed by atoms with Crippen LogP contribution >= 0.6 is 15.9 Å². The van der Waals surface area contributed by atoms with Gasteiger partial charge in [-0.1, -0.05) is 12.1 Å². The zero-order valence-electron chi connectivity index (χ0n) is 17.8. The number of anilines is 1. The summed E-state index contributed by atoms with van der Waals surface area (Å²) >= 11 is 3.28. The number of aromatic nitrogens is 1. The molecule has 0 aliphatic carbocycles. The third-order valence-corrected chi connectivity index (χ3v) is 5.71. The van der Waals surface area contributed by atoms with Crippen LogP contribution in [0.3, 0.4) is 0 Å². The van der Waals surface area contributed by atoms with Gasteiger partial charge in [0.25, 0.3) is 11.5 Å². The summed E-state index contributed by atoms with van der Waals surface area (Å²) < 4.78 is 6.07. The van der Waals surface area contributed by atoms with Crippen molar-refractivity contribution in [2.24, 2.45) is 0 Å². The number of amides is 1. The van der Waals surface area contributed by atoms with E-state index >= 15 is 0 Å². The van der Waals surface area contributed by atoms with Crippen molar-refractivity contribution in [3.63, 3.8) is 0 Å². The second kappa shape index (κ2) is 9.44. The highest BCUT2D eigenvalue weighted by Gasteiger charge is 2.47. The molecule has 2 aromatic carbocycles. The Morgan fingerprint density at radius 1 is 1.18 bits per heavy atom. The van der Waals surface area contributed by atoms with Crippen LogP contribution in [0, 0.1) is 10.1 Å². The smallest absolute Gasteiger partial charge is 0.301 e. The molecule has 9 nitrogen and oxygen atoms in total. The summed E-state index contributed by atoms with van der Waals surface area (Å²) in [5, 5.41) is 22.5. The topological polar surface area (TPSA) is 123 Å². The Morgan fingerprint density at radius 3 is 2.53 bits per heavy atom. The molecule has 0 saturated carbocycles. The first-order chi connectivity index (χ1) is 16.3. The third kappa shape index (κ3) is 4.27. The van der Waals surface area contributed by atoms with E-state index in [1.54, 1.807) is 36.4 Å². The van der Waals surface area contributed by atoms with Crippen LogP contribution in [-0.2, 0) is 9.59 Å². The van der Waals surface area contributed by atoms with Gasteiger partial charge in [0.05, 0.1) is 23.1 Å². The number of ether oxygens (including phenoxy) is 1. The predicted molar refractivity (Wildman–Crippen MR) is 127 cm³/mol. The number of aliphatic hydroxyl groups excluding tert-OH is 1. The Labute approximate surface area is 202 Å². The molecule has 1 saturated heterocycles. The number of nitro groups is 1. The monoisotopic (exact) mass is 523 g/mol. The highest BCUT2D eigenvalue weighted by atomic mass is 79.9. The summed E-state index contributed by atoms with van der Waals surface area (Å²) in [6.45, 7) is 2.30. The highest BCUT2D eigenvalue weighted by molar-refractivity contribution is 9.10. The maximum Gasteiger partial charge on any atom is 0.301 e. The molecule has 1 amide bonds. The molecule has 1 aliphatic heterocycles. The minimum atomic E-state index is -1.12. The molecule has 4 rings (SSSR count). The summed E-state index contributed by atoms with van der Waals surface area (Å²) in [5.74, 6) is -1.50. The van der Waals surface area contributed by atoms with E-state index in [0.717, 1.165) is 4.90 Å². The predicted octanol–water partition coefficient (Wildman–Crippen LogP) is 4.78. The molecular weight excluding hydrogens is 506 g/mol. The van der Waals surface area contributed by atoms with Crippen LogP contribution in [0.15, 0.2) is 76.9 Å². The average Bonchev–Trinajstić information content (AvgIpc) is 3.10. The van der Waals surface area contributed by atoms with Gasteiger partial charge in [0, 0.05) is 28.4 Å². The lowest BCUT2D eigenvalue weighted by Gasteiger charge is -2.24. The number of hydrogen-bond donors (Lipinski definition) is 1. The molecule has 10 heteroatoms. The van der Waals surface area contributed by atoms with Crippen molar-refractivity contribution in [3.8, 4) is 5.75 Å². The van der Waals surface area contributed by atoms with Crippen LogP contribution in [0.25, 0.3) is 5.76 Å². The van der Waals surface area contributed by atoms with Crippen molar-refractivity contribution in [2.45, 2.75) is 13.0 Å². The van der Waals surface area contributed by atoms with E-state index in [1.165, 1.54) is 30.5 Å². The van der Waals surface area contributed by atoms with Gasteiger partial charge in [0.1, 0.15) is 17.3 Å². The fourth-order valence-corrected chi connectivity index (χ4v) is 3.97. The van der Waals surface area contributed by atoms with Crippen molar-refractivity contribution in [2.75, 3.05) is 11.5 Å². The number of hydrogen-bond acceptors (Lipinski definition) is 7. The number of nitro benzene ring substituents is 1. The van der Waals surface area contributed by atoms with E-state index in [-0.39, 0.29) is 22.6 Å². The molecule has 0 bridgehead atoms. The van der Waals surface area contributed by atoms with Gasteiger partial charge in [-0.25, -0.2) is 4.98 Å². The Bertz CT molecular complexity index is 1310. The minimum absolute atomic E-state index is 0.160. The maximum absolute atomic E-state index is 13.1. The molecule has 1 atom stereocenters. The molecule has 1 fully saturated rings. The average molecular weight is 524 g/mol. The highest BCUT2D eigenvalue weighted by Crippen LogP contribution is 2.42. The van der Waals surface area contributed by atoms with Gasteiger partial charge in [-0.15, -0.1) is 0 Å². The van der Waals surface area contributed by atoms with Gasteiger partial charge < -0.3 is 9.84 Å². The van der Waals surface area contributed by atoms with Gasteiger partial charge in [-0.2, -0.15) is 0 Å². The van der Waals surface area contributed by atoms with Crippen LogP contribution in [-0.4, -0.2) is 33.3 Å². The van der Waals surface area contributed by atoms with Gasteiger partial charge in [-0.3, -0.25) is 24.6 Å². The fourth-order valence-electron chi connectivity index (χ4n) is 3.73. The van der Waals surface area contributed by atoms with E-state index in [9.17, 15) is 24.8 Å². The lowest BCUT2D eigenvalue weighted by molar-refractivity contribution is -0.384. The zero-order valence-corrected chi connectivity index (χ0v) is 19.4. The number of aliphatic hydroxyl groups is 1. The van der Waals surface area contributed by atoms with Crippen molar-refractivity contribution in [3.05, 3.63) is 98.1 Å². The largest absolute Gasteiger partial charge is 0.507 e. The van der Waals surface area contributed by atoms with Crippen molar-refractivity contribution < 1.29 is 24.4 Å². The molecule has 1 aromatic heterocycles. The standard InChI is InChI=1S/C24H18BrN3O6/c1-2-34-18-9-6-14(7-10-18)22(29)20-21(15-4-3-5-17(12-15)28(32)33)27(24(31)23(20)30)19-11-8-16(25)13-26-19/h3-13,21,29H,2H2,1H3/t21-/m1/s1. The molecule has 0 unspecified atom stereocenters. The third-order valence-electron chi connectivity index (χ3n) is 5.24. The first-order valence-corrected chi connectivity index (χ1v) is 11.0. The molecule has 172 valence electrons. The molecule has 1 aliphatic rings. The van der Waals surface area contributed by atoms with Crippen LogP contribution in [0.5, 0.6) is 5.75 Å². The van der Waals surface area contributed by atoms with E-state index < -0.39 is 28.4 Å². The molecule has 2 heterocycles. The number of benzene rings is 2. The van der Waals surface area contributed by atoms with Gasteiger partial charge in [0.2, 0.25) is 0 Å². The van der Waals surface area contributed by atoms with Gasteiger partial charge in [-0.05, 0) is 64.8 Å².